The number of aliphatic hydroxyl groups is 1. The number of nitrogens with zero attached hydrogens (tertiary/aromatic N) is 1. The Hall–Kier alpha value is -1.62. The van der Waals surface area contributed by atoms with Crippen molar-refractivity contribution in [3.05, 3.63) is 23.9 Å². The highest BCUT2D eigenvalue weighted by molar-refractivity contribution is 5.72. The van der Waals surface area contributed by atoms with E-state index in [1.54, 1.807) is 12.1 Å². The molecule has 0 radical (unpaired) electrons. The molecule has 0 aliphatic rings. The Morgan fingerprint density at radius 3 is 2.92 bits per heavy atom. The number of anilines is 1. The fourth-order valence-electron chi connectivity index (χ4n) is 0.919. The third kappa shape index (κ3) is 2.41. The highest BCUT2D eigenvalue weighted by atomic mass is 16.4. The first kappa shape index (κ1) is 9.47. The molecule has 5 nitrogen and oxygen atoms in total. The van der Waals surface area contributed by atoms with Crippen molar-refractivity contribution in [3.8, 4) is 0 Å². The number of rotatable bonds is 3. The minimum Gasteiger partial charge on any atom is -0.479 e. The summed E-state index contributed by atoms with van der Waals surface area (Å²) < 4.78 is 0. The number of aliphatic carboxylic acids is 1. The van der Waals surface area contributed by atoms with Gasteiger partial charge in [0.2, 0.25) is 0 Å². The zero-order valence-corrected chi connectivity index (χ0v) is 6.84. The van der Waals surface area contributed by atoms with Crippen LogP contribution in [0.25, 0.3) is 0 Å². The number of hydrogen-bond donors (Lipinski definition) is 3. The third-order valence-corrected chi connectivity index (χ3v) is 1.62. The van der Waals surface area contributed by atoms with Crippen LogP contribution in [0.5, 0.6) is 0 Å². The van der Waals surface area contributed by atoms with E-state index in [4.69, 9.17) is 15.9 Å². The molecule has 1 aromatic rings. The molecular weight excluding hydrogens is 172 g/mol. The molecule has 0 spiro atoms. The summed E-state index contributed by atoms with van der Waals surface area (Å²) in [6, 6.07) is 3.27. The van der Waals surface area contributed by atoms with E-state index in [0.717, 1.165) is 0 Å². The van der Waals surface area contributed by atoms with Gasteiger partial charge in [-0.05, 0) is 11.6 Å². The Labute approximate surface area is 74.8 Å². The maximum Gasteiger partial charge on any atom is 0.332 e. The van der Waals surface area contributed by atoms with E-state index in [2.05, 4.69) is 4.98 Å². The van der Waals surface area contributed by atoms with Gasteiger partial charge in [-0.25, -0.2) is 9.78 Å². The summed E-state index contributed by atoms with van der Waals surface area (Å²) in [5.41, 5.74) is 5.99. The molecule has 0 amide bonds. The Kier molecular flexibility index (Phi) is 2.81. The van der Waals surface area contributed by atoms with Gasteiger partial charge in [0.25, 0.3) is 0 Å². The van der Waals surface area contributed by atoms with Gasteiger partial charge in [0.05, 0.1) is 0 Å². The first-order chi connectivity index (χ1) is 6.11. The predicted molar refractivity (Wildman–Crippen MR) is 46.0 cm³/mol. The lowest BCUT2D eigenvalue weighted by molar-refractivity contribution is -0.146. The Bertz CT molecular complexity index is 314. The molecule has 1 atom stereocenters. The van der Waals surface area contributed by atoms with Crippen molar-refractivity contribution >= 4 is 11.8 Å². The fraction of sp³-hybridized carbons (Fsp3) is 0.250. The summed E-state index contributed by atoms with van der Waals surface area (Å²) in [5.74, 6) is -1.01. The highest BCUT2D eigenvalue weighted by Gasteiger charge is 2.14. The first-order valence-corrected chi connectivity index (χ1v) is 3.71. The second-order valence-electron chi connectivity index (χ2n) is 2.61. The maximum atomic E-state index is 10.3. The molecule has 0 bridgehead atoms. The number of aromatic nitrogens is 1. The van der Waals surface area contributed by atoms with Gasteiger partial charge in [0.15, 0.2) is 6.10 Å². The lowest BCUT2D eigenvalue weighted by Crippen LogP contribution is -2.22. The number of nitrogens with two attached hydrogens (primary N) is 1. The second-order valence-corrected chi connectivity index (χ2v) is 2.61. The van der Waals surface area contributed by atoms with Gasteiger partial charge in [0.1, 0.15) is 5.82 Å². The smallest absolute Gasteiger partial charge is 0.332 e. The first-order valence-electron chi connectivity index (χ1n) is 3.71. The van der Waals surface area contributed by atoms with Crippen molar-refractivity contribution in [1.82, 2.24) is 4.98 Å². The van der Waals surface area contributed by atoms with Crippen molar-refractivity contribution in [2.75, 3.05) is 5.73 Å². The van der Waals surface area contributed by atoms with Crippen LogP contribution in [-0.2, 0) is 11.2 Å². The van der Waals surface area contributed by atoms with Crippen molar-refractivity contribution in [2.45, 2.75) is 12.5 Å². The second kappa shape index (κ2) is 3.86. The molecular formula is C8H10N2O3. The minimum atomic E-state index is -1.42. The summed E-state index contributed by atoms with van der Waals surface area (Å²) in [7, 11) is 0. The Balaban J connectivity index is 2.74. The van der Waals surface area contributed by atoms with Crippen LogP contribution in [0, 0.1) is 0 Å². The molecule has 70 valence electrons. The van der Waals surface area contributed by atoms with E-state index in [1.165, 1.54) is 6.20 Å². The normalized spacial score (nSPS) is 12.4. The summed E-state index contributed by atoms with van der Waals surface area (Å²) in [4.78, 5) is 14.1. The quantitative estimate of drug-likeness (QED) is 0.593. The van der Waals surface area contributed by atoms with E-state index >= 15 is 0 Å². The molecule has 1 rings (SSSR count). The molecule has 13 heavy (non-hydrogen) atoms. The van der Waals surface area contributed by atoms with Gasteiger partial charge < -0.3 is 15.9 Å². The molecule has 0 saturated carbocycles. The van der Waals surface area contributed by atoms with E-state index in [9.17, 15) is 4.79 Å². The number of nitrogen functional groups attached to an aromatic ring is 1. The molecule has 1 heterocycles. The molecule has 0 aliphatic carbocycles. The van der Waals surface area contributed by atoms with Crippen LogP contribution >= 0.6 is 0 Å². The van der Waals surface area contributed by atoms with E-state index in [-0.39, 0.29) is 12.2 Å². The van der Waals surface area contributed by atoms with Crippen LogP contribution in [0.15, 0.2) is 18.3 Å². The van der Waals surface area contributed by atoms with Crippen LogP contribution in [0.2, 0.25) is 0 Å². The number of carboxylic acid groups (broad SMARTS) is 1. The van der Waals surface area contributed by atoms with Crippen molar-refractivity contribution in [2.24, 2.45) is 0 Å². The maximum absolute atomic E-state index is 10.3. The average molecular weight is 182 g/mol. The van der Waals surface area contributed by atoms with Crippen LogP contribution in [0.3, 0.4) is 0 Å². The molecule has 0 saturated heterocycles. The highest BCUT2D eigenvalue weighted by Crippen LogP contribution is 2.09. The third-order valence-electron chi connectivity index (χ3n) is 1.62. The standard InChI is InChI=1S/C8H10N2O3/c9-7-5(2-1-3-10-7)4-6(11)8(12)13/h1-3,6,11H,4H2,(H2,9,10)(H,12,13). The molecule has 0 aliphatic heterocycles. The molecule has 1 unspecified atom stereocenters. The zero-order valence-electron chi connectivity index (χ0n) is 6.84. The van der Waals surface area contributed by atoms with Crippen molar-refractivity contribution < 1.29 is 15.0 Å². The summed E-state index contributed by atoms with van der Waals surface area (Å²) in [5, 5.41) is 17.4. The number of aliphatic hydroxyl groups excluding tert-OH is 1. The van der Waals surface area contributed by atoms with Gasteiger partial charge in [-0.15, -0.1) is 0 Å². The fourth-order valence-corrected chi connectivity index (χ4v) is 0.919. The van der Waals surface area contributed by atoms with Gasteiger partial charge in [-0.1, -0.05) is 6.07 Å². The monoisotopic (exact) mass is 182 g/mol. The molecule has 5 heteroatoms. The summed E-state index contributed by atoms with van der Waals surface area (Å²) >= 11 is 0. The minimum absolute atomic E-state index is 0.0188. The average Bonchev–Trinajstić information content (AvgIpc) is 2.08. The zero-order chi connectivity index (χ0) is 9.84. The van der Waals surface area contributed by atoms with Gasteiger partial charge >= 0.3 is 5.97 Å². The van der Waals surface area contributed by atoms with E-state index in [1.807, 2.05) is 0 Å². The van der Waals surface area contributed by atoms with Crippen LogP contribution in [0.1, 0.15) is 5.56 Å². The molecule has 4 N–H and O–H groups in total. The van der Waals surface area contributed by atoms with Crippen molar-refractivity contribution in [1.29, 1.82) is 0 Å². The molecule has 0 fully saturated rings. The largest absolute Gasteiger partial charge is 0.479 e. The van der Waals surface area contributed by atoms with Crippen LogP contribution < -0.4 is 5.73 Å². The van der Waals surface area contributed by atoms with E-state index in [0.29, 0.717) is 5.56 Å². The van der Waals surface area contributed by atoms with Gasteiger partial charge in [-0.3, -0.25) is 0 Å². The molecule has 1 aromatic heterocycles. The van der Waals surface area contributed by atoms with E-state index < -0.39 is 12.1 Å². The Morgan fingerprint density at radius 1 is 1.69 bits per heavy atom. The number of carboxylic acids is 1. The number of carbonyl (C=O) groups is 1. The lowest BCUT2D eigenvalue weighted by Gasteiger charge is -2.06. The summed E-state index contributed by atoms with van der Waals surface area (Å²) in [6.45, 7) is 0. The topological polar surface area (TPSA) is 96.4 Å². The Morgan fingerprint density at radius 2 is 2.38 bits per heavy atom. The summed E-state index contributed by atoms with van der Waals surface area (Å²) in [6.07, 6.45) is 0.0626. The SMILES string of the molecule is Nc1ncccc1CC(O)C(=O)O. The lowest BCUT2D eigenvalue weighted by atomic mass is 10.1. The number of hydrogen-bond acceptors (Lipinski definition) is 4. The van der Waals surface area contributed by atoms with Crippen LogP contribution in [-0.4, -0.2) is 27.3 Å². The van der Waals surface area contributed by atoms with Crippen molar-refractivity contribution in [3.63, 3.8) is 0 Å². The van der Waals surface area contributed by atoms with Gasteiger partial charge in [-0.2, -0.15) is 0 Å². The van der Waals surface area contributed by atoms with Gasteiger partial charge in [0, 0.05) is 12.6 Å². The molecule has 0 aromatic carbocycles. The number of pyridine rings is 1. The predicted octanol–water partition coefficient (Wildman–Crippen LogP) is -0.348. The van der Waals surface area contributed by atoms with Crippen LogP contribution in [0.4, 0.5) is 5.82 Å².